The summed E-state index contributed by atoms with van der Waals surface area (Å²) in [7, 11) is 2.74. The van der Waals surface area contributed by atoms with Crippen molar-refractivity contribution in [1.82, 2.24) is 14.9 Å². The SMILES string of the molecule is COC(=O)c1cc(C(C)(C)C)cc(NC(=O)c2ccc(C)c(Oc3ccnc(CN4CCN(OC(=O)OC(C)(C)C)CC4)c3)c2)c1OC. The summed E-state index contributed by atoms with van der Waals surface area (Å²) in [6.07, 6.45) is 0.979. The standard InChI is InChI=1S/C36H46N4O8/c1-23-10-11-24(32(41)38-29-20-25(35(2,3)4)19-28(31(29)44-8)33(42)45-9)18-30(23)46-27-12-13-37-26(21-27)22-39-14-16-40(17-15-39)48-34(43)47-36(5,6)7/h10-13,18-21H,14-17,22H2,1-9H3,(H,38,41). The third kappa shape index (κ3) is 9.68. The fourth-order valence-corrected chi connectivity index (χ4v) is 5.00. The number of aromatic nitrogens is 1. The molecule has 0 spiro atoms. The normalized spacial score (nSPS) is 14.2. The molecule has 2 heterocycles. The lowest BCUT2D eigenvalue weighted by atomic mass is 9.85. The van der Waals surface area contributed by atoms with Crippen molar-refractivity contribution < 1.29 is 38.2 Å². The van der Waals surface area contributed by atoms with Crippen LogP contribution in [0.15, 0.2) is 48.7 Å². The van der Waals surface area contributed by atoms with Gasteiger partial charge in [0, 0.05) is 50.6 Å². The summed E-state index contributed by atoms with van der Waals surface area (Å²) < 4.78 is 22.0. The lowest BCUT2D eigenvalue weighted by molar-refractivity contribution is -0.158. The van der Waals surface area contributed by atoms with Crippen LogP contribution in [0.1, 0.15) is 79.1 Å². The smallest absolute Gasteiger partial charge is 0.494 e. The molecule has 1 aliphatic heterocycles. The van der Waals surface area contributed by atoms with Crippen LogP contribution in [0.3, 0.4) is 0 Å². The number of piperazine rings is 1. The Morgan fingerprint density at radius 3 is 2.25 bits per heavy atom. The monoisotopic (exact) mass is 662 g/mol. The number of hydrogen-bond acceptors (Lipinski definition) is 11. The van der Waals surface area contributed by atoms with E-state index in [1.54, 1.807) is 62.4 Å². The van der Waals surface area contributed by atoms with E-state index < -0.39 is 23.6 Å². The lowest BCUT2D eigenvalue weighted by Gasteiger charge is -2.33. The maximum absolute atomic E-state index is 13.5. The van der Waals surface area contributed by atoms with Crippen LogP contribution in [0.5, 0.6) is 17.2 Å². The number of anilines is 1. The van der Waals surface area contributed by atoms with Gasteiger partial charge in [-0.2, -0.15) is 0 Å². The Hall–Kier alpha value is -4.68. The predicted molar refractivity (Wildman–Crippen MR) is 181 cm³/mol. The molecule has 12 heteroatoms. The fraction of sp³-hybridized carbons (Fsp3) is 0.444. The average molecular weight is 663 g/mol. The van der Waals surface area contributed by atoms with Crippen molar-refractivity contribution in [1.29, 1.82) is 0 Å². The highest BCUT2D eigenvalue weighted by molar-refractivity contribution is 6.07. The number of methoxy groups -OCH3 is 2. The molecular formula is C36H46N4O8. The molecule has 0 saturated carbocycles. The van der Waals surface area contributed by atoms with E-state index in [9.17, 15) is 14.4 Å². The van der Waals surface area contributed by atoms with Crippen LogP contribution in [-0.2, 0) is 26.3 Å². The summed E-state index contributed by atoms with van der Waals surface area (Å²) in [4.78, 5) is 50.2. The first-order chi connectivity index (χ1) is 22.6. The van der Waals surface area contributed by atoms with Crippen LogP contribution in [0.2, 0.25) is 0 Å². The van der Waals surface area contributed by atoms with Crippen molar-refractivity contribution in [3.8, 4) is 17.2 Å². The number of ether oxygens (including phenoxy) is 4. The molecule has 0 radical (unpaired) electrons. The number of carbonyl (C=O) groups excluding carboxylic acids is 3. The van der Waals surface area contributed by atoms with Gasteiger partial charge >= 0.3 is 12.1 Å². The minimum absolute atomic E-state index is 0.216. The molecule has 1 aromatic heterocycles. The zero-order valence-corrected chi connectivity index (χ0v) is 29.3. The van der Waals surface area contributed by atoms with E-state index in [2.05, 4.69) is 15.2 Å². The predicted octanol–water partition coefficient (Wildman–Crippen LogP) is 6.51. The molecule has 0 bridgehead atoms. The highest BCUT2D eigenvalue weighted by Gasteiger charge is 2.26. The Morgan fingerprint density at radius 2 is 1.62 bits per heavy atom. The minimum atomic E-state index is -0.707. The molecule has 1 fully saturated rings. The lowest BCUT2D eigenvalue weighted by Crippen LogP contribution is -2.47. The molecule has 12 nitrogen and oxygen atoms in total. The van der Waals surface area contributed by atoms with Gasteiger partial charge in [-0.05, 0) is 74.6 Å². The Labute approximate surface area is 282 Å². The molecule has 0 aliphatic carbocycles. The molecular weight excluding hydrogens is 616 g/mol. The van der Waals surface area contributed by atoms with Crippen molar-refractivity contribution in [3.63, 3.8) is 0 Å². The van der Waals surface area contributed by atoms with Crippen LogP contribution in [0.4, 0.5) is 10.5 Å². The van der Waals surface area contributed by atoms with Gasteiger partial charge in [0.1, 0.15) is 22.7 Å². The first-order valence-electron chi connectivity index (χ1n) is 15.8. The van der Waals surface area contributed by atoms with Gasteiger partial charge in [-0.1, -0.05) is 26.8 Å². The van der Waals surface area contributed by atoms with Gasteiger partial charge in [-0.15, -0.1) is 5.06 Å². The second kappa shape index (κ2) is 15.0. The maximum atomic E-state index is 13.5. The first kappa shape index (κ1) is 36.2. The van der Waals surface area contributed by atoms with E-state index in [1.807, 2.05) is 39.8 Å². The summed E-state index contributed by atoms with van der Waals surface area (Å²) >= 11 is 0. The van der Waals surface area contributed by atoms with Crippen LogP contribution < -0.4 is 14.8 Å². The van der Waals surface area contributed by atoms with Gasteiger partial charge in [0.2, 0.25) is 0 Å². The summed E-state index contributed by atoms with van der Waals surface area (Å²) in [5, 5.41) is 4.53. The van der Waals surface area contributed by atoms with E-state index in [0.717, 1.165) is 16.8 Å². The zero-order chi connectivity index (χ0) is 35.2. The van der Waals surface area contributed by atoms with Gasteiger partial charge in [-0.3, -0.25) is 14.7 Å². The number of pyridine rings is 1. The number of carbonyl (C=O) groups is 3. The van der Waals surface area contributed by atoms with Crippen LogP contribution in [-0.4, -0.2) is 79.0 Å². The molecule has 4 rings (SSSR count). The minimum Gasteiger partial charge on any atom is -0.494 e. The Morgan fingerprint density at radius 1 is 0.917 bits per heavy atom. The molecule has 258 valence electrons. The summed E-state index contributed by atoms with van der Waals surface area (Å²) in [5.74, 6) is 0.345. The maximum Gasteiger partial charge on any atom is 0.528 e. The number of esters is 1. The molecule has 2 aromatic carbocycles. The summed E-state index contributed by atoms with van der Waals surface area (Å²) in [5.41, 5.74) is 2.49. The third-order valence-corrected chi connectivity index (χ3v) is 7.59. The summed E-state index contributed by atoms with van der Waals surface area (Å²) in [6, 6.07) is 12.4. The number of amides is 1. The van der Waals surface area contributed by atoms with E-state index >= 15 is 0 Å². The molecule has 1 N–H and O–H groups in total. The molecule has 1 saturated heterocycles. The van der Waals surface area contributed by atoms with Crippen LogP contribution >= 0.6 is 0 Å². The highest BCUT2D eigenvalue weighted by Crippen LogP contribution is 2.36. The average Bonchev–Trinajstić information content (AvgIpc) is 3.01. The molecule has 0 unspecified atom stereocenters. The highest BCUT2D eigenvalue weighted by atomic mass is 16.8. The van der Waals surface area contributed by atoms with Crippen LogP contribution in [0, 0.1) is 6.92 Å². The zero-order valence-electron chi connectivity index (χ0n) is 29.3. The second-order valence-electron chi connectivity index (χ2n) is 13.6. The quantitative estimate of drug-likeness (QED) is 0.252. The van der Waals surface area contributed by atoms with E-state index in [0.29, 0.717) is 55.5 Å². The van der Waals surface area contributed by atoms with Crippen LogP contribution in [0.25, 0.3) is 0 Å². The Balaban J connectivity index is 1.44. The topological polar surface area (TPSA) is 129 Å². The van der Waals surface area contributed by atoms with Crippen molar-refractivity contribution >= 4 is 23.7 Å². The van der Waals surface area contributed by atoms with Crippen molar-refractivity contribution in [2.45, 2.75) is 66.0 Å². The molecule has 1 amide bonds. The van der Waals surface area contributed by atoms with E-state index in [1.165, 1.54) is 14.2 Å². The Bertz CT molecular complexity index is 1640. The second-order valence-corrected chi connectivity index (χ2v) is 13.6. The number of aryl methyl sites for hydroxylation is 1. The van der Waals surface area contributed by atoms with Gasteiger partial charge < -0.3 is 29.1 Å². The largest absolute Gasteiger partial charge is 0.528 e. The van der Waals surface area contributed by atoms with Crippen molar-refractivity contribution in [2.24, 2.45) is 0 Å². The van der Waals surface area contributed by atoms with Gasteiger partial charge in [0.25, 0.3) is 5.91 Å². The number of rotatable bonds is 9. The summed E-state index contributed by atoms with van der Waals surface area (Å²) in [6.45, 7) is 16.3. The molecule has 3 aromatic rings. The Kier molecular flexibility index (Phi) is 11.3. The molecule has 48 heavy (non-hydrogen) atoms. The number of nitrogens with one attached hydrogen (secondary N) is 1. The van der Waals surface area contributed by atoms with Crippen molar-refractivity contribution in [3.05, 3.63) is 76.6 Å². The number of nitrogens with zero attached hydrogens (tertiary/aromatic N) is 3. The number of hydroxylamine groups is 2. The number of hydrogen-bond donors (Lipinski definition) is 1. The molecule has 1 aliphatic rings. The number of benzene rings is 2. The van der Waals surface area contributed by atoms with Gasteiger partial charge in [0.15, 0.2) is 5.75 Å². The fourth-order valence-electron chi connectivity index (χ4n) is 5.00. The van der Waals surface area contributed by atoms with E-state index in [4.69, 9.17) is 23.8 Å². The van der Waals surface area contributed by atoms with E-state index in [-0.39, 0.29) is 16.7 Å². The first-order valence-corrected chi connectivity index (χ1v) is 15.8. The molecule has 0 atom stereocenters. The third-order valence-electron chi connectivity index (χ3n) is 7.59. The van der Waals surface area contributed by atoms with Gasteiger partial charge in [-0.25, -0.2) is 9.59 Å². The van der Waals surface area contributed by atoms with Crippen molar-refractivity contribution in [2.75, 3.05) is 45.7 Å². The van der Waals surface area contributed by atoms with Gasteiger partial charge in [0.05, 0.1) is 25.6 Å².